The smallest absolute Gasteiger partial charge is 0.181 e. The molecule has 0 amide bonds. The molecule has 0 aromatic heterocycles. The summed E-state index contributed by atoms with van der Waals surface area (Å²) in [7, 11) is -1.56. The summed E-state index contributed by atoms with van der Waals surface area (Å²) in [5.74, 6) is 0.0723. The molecule has 1 atom stereocenters. The molecule has 0 aromatic rings. The highest BCUT2D eigenvalue weighted by molar-refractivity contribution is 7.96. The Bertz CT molecular complexity index is 349. The van der Waals surface area contributed by atoms with E-state index in [2.05, 4.69) is 0 Å². The van der Waals surface area contributed by atoms with Gasteiger partial charge in [-0.05, 0) is 19.4 Å². The molecule has 0 aliphatic carbocycles. The van der Waals surface area contributed by atoms with E-state index in [1.165, 1.54) is 7.11 Å². The molecule has 13 heavy (non-hydrogen) atoms. The first kappa shape index (κ1) is 10.5. The van der Waals surface area contributed by atoms with Crippen molar-refractivity contribution in [1.29, 1.82) is 0 Å². The zero-order chi connectivity index (χ0) is 10.1. The Labute approximate surface area is 79.0 Å². The van der Waals surface area contributed by atoms with Crippen LogP contribution in [-0.2, 0) is 14.6 Å². The highest BCUT2D eigenvalue weighted by Crippen LogP contribution is 2.31. The molecule has 74 valence electrons. The number of methoxy groups -OCH3 is 1. The van der Waals surface area contributed by atoms with Crippen molar-refractivity contribution in [2.45, 2.75) is 20.0 Å². The summed E-state index contributed by atoms with van der Waals surface area (Å²) in [6.07, 6.45) is 3.14. The molecular weight excluding hydrogens is 188 g/mol. The van der Waals surface area contributed by atoms with E-state index in [1.807, 2.05) is 6.92 Å². The monoisotopic (exact) mass is 202 g/mol. The van der Waals surface area contributed by atoms with Crippen LogP contribution >= 0.6 is 0 Å². The molecule has 0 spiro atoms. The van der Waals surface area contributed by atoms with E-state index in [4.69, 9.17) is 4.74 Å². The van der Waals surface area contributed by atoms with E-state index < -0.39 is 9.84 Å². The van der Waals surface area contributed by atoms with Gasteiger partial charge in [0.15, 0.2) is 9.84 Å². The van der Waals surface area contributed by atoms with Gasteiger partial charge in [0, 0.05) is 7.11 Å². The van der Waals surface area contributed by atoms with Gasteiger partial charge < -0.3 is 4.74 Å². The van der Waals surface area contributed by atoms with Gasteiger partial charge in [0.05, 0.1) is 16.8 Å². The summed E-state index contributed by atoms with van der Waals surface area (Å²) >= 11 is 0. The van der Waals surface area contributed by atoms with Gasteiger partial charge in [0.2, 0.25) is 0 Å². The van der Waals surface area contributed by atoms with Crippen LogP contribution in [-0.4, -0.2) is 27.4 Å². The molecule has 0 radical (unpaired) electrons. The van der Waals surface area contributed by atoms with Gasteiger partial charge in [-0.15, -0.1) is 0 Å². The van der Waals surface area contributed by atoms with Crippen molar-refractivity contribution in [2.75, 3.05) is 12.9 Å². The van der Waals surface area contributed by atoms with Crippen LogP contribution in [0.5, 0.6) is 0 Å². The number of allylic oxidation sites excluding steroid dienone is 2. The third-order valence-corrected chi connectivity index (χ3v) is 4.08. The minimum atomic E-state index is -3.09. The van der Waals surface area contributed by atoms with Crippen LogP contribution in [0.1, 0.15) is 13.8 Å². The van der Waals surface area contributed by atoms with E-state index in [0.29, 0.717) is 4.91 Å². The lowest BCUT2D eigenvalue weighted by Gasteiger charge is -2.06. The largest absolute Gasteiger partial charge is 0.376 e. The molecule has 0 saturated carbocycles. The van der Waals surface area contributed by atoms with Crippen molar-refractivity contribution in [2.24, 2.45) is 0 Å². The molecule has 3 nitrogen and oxygen atoms in total. The fourth-order valence-corrected chi connectivity index (χ4v) is 3.45. The zero-order valence-electron chi connectivity index (χ0n) is 8.07. The van der Waals surface area contributed by atoms with Gasteiger partial charge in [0.1, 0.15) is 0 Å². The van der Waals surface area contributed by atoms with Crippen LogP contribution in [0.4, 0.5) is 0 Å². The van der Waals surface area contributed by atoms with Gasteiger partial charge in [-0.25, -0.2) is 8.42 Å². The molecule has 1 saturated heterocycles. The summed E-state index contributed by atoms with van der Waals surface area (Å²) in [5, 5.41) is 0. The molecule has 1 fully saturated rings. The maximum absolute atomic E-state index is 11.5. The predicted octanol–water partition coefficient (Wildman–Crippen LogP) is 1.28. The molecule has 1 heterocycles. The van der Waals surface area contributed by atoms with Gasteiger partial charge in [-0.2, -0.15) is 0 Å². The molecule has 0 bridgehead atoms. The van der Waals surface area contributed by atoms with Crippen molar-refractivity contribution in [3.8, 4) is 0 Å². The van der Waals surface area contributed by atoms with E-state index in [-0.39, 0.29) is 11.9 Å². The van der Waals surface area contributed by atoms with Crippen LogP contribution in [0.2, 0.25) is 0 Å². The Kier molecular flexibility index (Phi) is 2.93. The maximum Gasteiger partial charge on any atom is 0.181 e. The predicted molar refractivity (Wildman–Crippen MR) is 52.1 cm³/mol. The van der Waals surface area contributed by atoms with Crippen LogP contribution < -0.4 is 0 Å². The van der Waals surface area contributed by atoms with Crippen LogP contribution in [0.3, 0.4) is 0 Å². The van der Waals surface area contributed by atoms with Gasteiger partial charge in [-0.3, -0.25) is 0 Å². The number of hydrogen-bond donors (Lipinski definition) is 0. The molecule has 1 rings (SSSR count). The van der Waals surface area contributed by atoms with Crippen molar-refractivity contribution in [1.82, 2.24) is 0 Å². The number of sulfone groups is 1. The topological polar surface area (TPSA) is 43.4 Å². The second-order valence-corrected chi connectivity index (χ2v) is 4.91. The summed E-state index contributed by atoms with van der Waals surface area (Å²) in [6.45, 7) is 3.56. The molecule has 0 aromatic carbocycles. The van der Waals surface area contributed by atoms with E-state index >= 15 is 0 Å². The quantitative estimate of drug-likeness (QED) is 0.643. The molecule has 1 unspecified atom stereocenters. The standard InChI is InChI=1S/C9H14O3S/c1-4-7-8(12-3)6-13(10,11)9(7)5-2/h4-5,8H,6H2,1-3H3. The lowest BCUT2D eigenvalue weighted by atomic mass is 10.1. The second-order valence-electron chi connectivity index (χ2n) is 2.90. The highest BCUT2D eigenvalue weighted by atomic mass is 32.2. The fourth-order valence-electron chi connectivity index (χ4n) is 1.59. The Balaban J connectivity index is 3.22. The number of ether oxygens (including phenoxy) is 1. The average Bonchev–Trinajstić information content (AvgIpc) is 2.35. The molecular formula is C9H14O3S. The summed E-state index contributed by atoms with van der Waals surface area (Å²) in [5.41, 5.74) is 0.782. The molecule has 1 aliphatic rings. The third-order valence-electron chi connectivity index (χ3n) is 2.19. The number of hydrogen-bond acceptors (Lipinski definition) is 3. The second kappa shape index (κ2) is 3.64. The van der Waals surface area contributed by atoms with Crippen LogP contribution in [0, 0.1) is 0 Å². The minimum Gasteiger partial charge on any atom is -0.376 e. The highest BCUT2D eigenvalue weighted by Gasteiger charge is 2.36. The lowest BCUT2D eigenvalue weighted by Crippen LogP contribution is -2.13. The molecule has 1 aliphatic heterocycles. The first-order valence-corrected chi connectivity index (χ1v) is 5.80. The van der Waals surface area contributed by atoms with Gasteiger partial charge >= 0.3 is 0 Å². The SMILES string of the molecule is CC=C1C(=CC)S(=O)(=O)CC1OC. The van der Waals surface area contributed by atoms with Gasteiger partial charge in [-0.1, -0.05) is 12.2 Å². The summed E-state index contributed by atoms with van der Waals surface area (Å²) < 4.78 is 28.2. The van der Waals surface area contributed by atoms with Crippen molar-refractivity contribution >= 4 is 9.84 Å². The van der Waals surface area contributed by atoms with Crippen molar-refractivity contribution in [3.05, 3.63) is 22.6 Å². The minimum absolute atomic E-state index is 0.0723. The van der Waals surface area contributed by atoms with Crippen LogP contribution in [0.25, 0.3) is 0 Å². The molecule has 0 N–H and O–H groups in total. The van der Waals surface area contributed by atoms with Crippen molar-refractivity contribution < 1.29 is 13.2 Å². The van der Waals surface area contributed by atoms with E-state index in [1.54, 1.807) is 19.1 Å². The fraction of sp³-hybridized carbons (Fsp3) is 0.556. The first-order chi connectivity index (χ1) is 6.06. The van der Waals surface area contributed by atoms with Gasteiger partial charge in [0.25, 0.3) is 0 Å². The normalized spacial score (nSPS) is 33.0. The number of rotatable bonds is 1. The maximum atomic E-state index is 11.5. The van der Waals surface area contributed by atoms with E-state index in [0.717, 1.165) is 5.57 Å². The summed E-state index contributed by atoms with van der Waals surface area (Å²) in [6, 6.07) is 0. The average molecular weight is 202 g/mol. The Morgan fingerprint density at radius 1 is 1.38 bits per heavy atom. The Hall–Kier alpha value is -0.610. The Morgan fingerprint density at radius 2 is 2.00 bits per heavy atom. The van der Waals surface area contributed by atoms with Crippen LogP contribution in [0.15, 0.2) is 22.6 Å². The lowest BCUT2D eigenvalue weighted by molar-refractivity contribution is 0.154. The first-order valence-electron chi connectivity index (χ1n) is 4.15. The summed E-state index contributed by atoms with van der Waals surface area (Å²) in [4.78, 5) is 0.418. The van der Waals surface area contributed by atoms with Crippen molar-refractivity contribution in [3.63, 3.8) is 0 Å². The zero-order valence-corrected chi connectivity index (χ0v) is 8.89. The van der Waals surface area contributed by atoms with E-state index in [9.17, 15) is 8.42 Å². The molecule has 4 heteroatoms. The Morgan fingerprint density at radius 3 is 2.38 bits per heavy atom. The third kappa shape index (κ3) is 1.69.